The van der Waals surface area contributed by atoms with Crippen LogP contribution >= 0.6 is 0 Å². The number of hydrogen-bond acceptors (Lipinski definition) is 3. The zero-order valence-electron chi connectivity index (χ0n) is 15.9. The van der Waals surface area contributed by atoms with Gasteiger partial charge in [0.2, 0.25) is 17.7 Å². The van der Waals surface area contributed by atoms with Crippen molar-refractivity contribution < 1.29 is 14.4 Å². The molecule has 1 saturated heterocycles. The normalized spacial score (nSPS) is 35.3. The minimum Gasteiger partial charge on any atom is -0.294 e. The first-order chi connectivity index (χ1) is 12.9. The fraction of sp³-hybridized carbons (Fsp3) is 0.500. The number of imide groups is 1. The third kappa shape index (κ3) is 2.27. The predicted molar refractivity (Wildman–Crippen MR) is 100 cm³/mol. The molecule has 27 heavy (non-hydrogen) atoms. The van der Waals surface area contributed by atoms with Gasteiger partial charge in [0.1, 0.15) is 6.67 Å². The average molecular weight is 364 g/mol. The molecule has 0 unspecified atom stereocenters. The van der Waals surface area contributed by atoms with Crippen LogP contribution < -0.4 is 4.90 Å². The van der Waals surface area contributed by atoms with Gasteiger partial charge in [0.25, 0.3) is 0 Å². The van der Waals surface area contributed by atoms with Crippen molar-refractivity contribution in [1.82, 2.24) is 4.90 Å². The van der Waals surface area contributed by atoms with Crippen LogP contribution in [0.4, 0.5) is 5.69 Å². The summed E-state index contributed by atoms with van der Waals surface area (Å²) in [6.07, 6.45) is 5.49. The van der Waals surface area contributed by atoms with Gasteiger partial charge >= 0.3 is 0 Å². The Morgan fingerprint density at radius 3 is 2.19 bits per heavy atom. The summed E-state index contributed by atoms with van der Waals surface area (Å²) in [7, 11) is 0. The van der Waals surface area contributed by atoms with Gasteiger partial charge in [-0.15, -0.1) is 0 Å². The summed E-state index contributed by atoms with van der Waals surface area (Å²) < 4.78 is 0. The smallest absolute Gasteiger partial charge is 0.235 e. The molecule has 6 rings (SSSR count). The van der Waals surface area contributed by atoms with Gasteiger partial charge in [0.15, 0.2) is 0 Å². The van der Waals surface area contributed by atoms with Gasteiger partial charge in [0.05, 0.1) is 11.8 Å². The van der Waals surface area contributed by atoms with Crippen molar-refractivity contribution in [1.29, 1.82) is 0 Å². The number of rotatable bonds is 3. The van der Waals surface area contributed by atoms with E-state index in [-0.39, 0.29) is 48.1 Å². The SMILES string of the molecule is CC(=O)N(CN1C(=O)[C@@H]2[C@H]3C=C[C@@H]([C@@H]4C[C@@H]34)[C@@H]2C1=O)c1ccc(C)cc1C. The molecule has 140 valence electrons. The number of anilines is 1. The fourth-order valence-corrected chi connectivity index (χ4v) is 5.75. The Balaban J connectivity index is 1.45. The van der Waals surface area contributed by atoms with Crippen molar-refractivity contribution in [3.8, 4) is 0 Å². The van der Waals surface area contributed by atoms with Crippen LogP contribution in [0, 0.1) is 49.4 Å². The summed E-state index contributed by atoms with van der Waals surface area (Å²) in [6, 6.07) is 5.85. The van der Waals surface area contributed by atoms with Gasteiger partial charge in [0, 0.05) is 12.6 Å². The number of aryl methyl sites for hydroxylation is 2. The lowest BCUT2D eigenvalue weighted by Crippen LogP contribution is -2.44. The van der Waals surface area contributed by atoms with Crippen LogP contribution in [0.3, 0.4) is 0 Å². The zero-order chi connectivity index (χ0) is 19.0. The van der Waals surface area contributed by atoms with Crippen molar-refractivity contribution in [3.63, 3.8) is 0 Å². The third-order valence-corrected chi connectivity index (χ3v) is 7.06. The Labute approximate surface area is 159 Å². The highest BCUT2D eigenvalue weighted by Crippen LogP contribution is 2.65. The van der Waals surface area contributed by atoms with Crippen LogP contribution in [0.5, 0.6) is 0 Å². The van der Waals surface area contributed by atoms with E-state index in [1.165, 1.54) is 11.8 Å². The van der Waals surface area contributed by atoms with E-state index in [1.54, 1.807) is 4.90 Å². The zero-order valence-corrected chi connectivity index (χ0v) is 15.9. The van der Waals surface area contributed by atoms with Crippen LogP contribution in [0.15, 0.2) is 30.4 Å². The van der Waals surface area contributed by atoms with Gasteiger partial charge in [-0.2, -0.15) is 0 Å². The molecule has 5 aliphatic rings. The summed E-state index contributed by atoms with van der Waals surface area (Å²) in [4.78, 5) is 41.6. The summed E-state index contributed by atoms with van der Waals surface area (Å²) in [5.41, 5.74) is 2.83. The molecule has 0 aromatic heterocycles. The molecule has 0 spiro atoms. The van der Waals surface area contributed by atoms with Crippen molar-refractivity contribution >= 4 is 23.4 Å². The van der Waals surface area contributed by atoms with Crippen LogP contribution in [-0.2, 0) is 14.4 Å². The van der Waals surface area contributed by atoms with E-state index in [0.717, 1.165) is 23.2 Å². The van der Waals surface area contributed by atoms with E-state index >= 15 is 0 Å². The lowest BCUT2D eigenvalue weighted by atomic mass is 9.63. The predicted octanol–water partition coefficient (Wildman–Crippen LogP) is 2.67. The Kier molecular flexibility index (Phi) is 3.43. The van der Waals surface area contributed by atoms with Gasteiger partial charge in [-0.3, -0.25) is 24.2 Å². The highest BCUT2D eigenvalue weighted by Gasteiger charge is 2.67. The summed E-state index contributed by atoms with van der Waals surface area (Å²) in [5, 5.41) is 0. The van der Waals surface area contributed by atoms with E-state index in [2.05, 4.69) is 12.2 Å². The van der Waals surface area contributed by atoms with E-state index < -0.39 is 0 Å². The molecule has 0 N–H and O–H groups in total. The lowest BCUT2D eigenvalue weighted by Gasteiger charge is -2.37. The lowest BCUT2D eigenvalue weighted by molar-refractivity contribution is -0.140. The second-order valence-electron chi connectivity index (χ2n) is 8.64. The summed E-state index contributed by atoms with van der Waals surface area (Å²) >= 11 is 0. The van der Waals surface area contributed by atoms with Gasteiger partial charge < -0.3 is 0 Å². The molecule has 1 aromatic rings. The minimum absolute atomic E-state index is 0.0126. The average Bonchev–Trinajstić information content (AvgIpc) is 3.40. The van der Waals surface area contributed by atoms with E-state index in [4.69, 9.17) is 0 Å². The Morgan fingerprint density at radius 2 is 1.67 bits per heavy atom. The Hall–Kier alpha value is -2.43. The first-order valence-corrected chi connectivity index (χ1v) is 9.77. The summed E-state index contributed by atoms with van der Waals surface area (Å²) in [5.74, 6) is 0.797. The Bertz CT molecular complexity index is 869. The number of nitrogens with zero attached hydrogens (tertiary/aromatic N) is 2. The van der Waals surface area contributed by atoms with Crippen LogP contribution in [-0.4, -0.2) is 29.3 Å². The van der Waals surface area contributed by atoms with E-state index in [9.17, 15) is 14.4 Å². The fourth-order valence-electron chi connectivity index (χ4n) is 5.75. The number of likely N-dealkylation sites (tertiary alicyclic amines) is 1. The highest BCUT2D eigenvalue weighted by molar-refractivity contribution is 6.07. The van der Waals surface area contributed by atoms with Gasteiger partial charge in [-0.1, -0.05) is 29.8 Å². The molecule has 0 radical (unpaired) electrons. The Morgan fingerprint density at radius 1 is 1.07 bits per heavy atom. The minimum atomic E-state index is -0.218. The molecule has 2 saturated carbocycles. The second-order valence-corrected chi connectivity index (χ2v) is 8.64. The first-order valence-electron chi connectivity index (χ1n) is 9.77. The molecule has 2 bridgehead atoms. The number of carbonyl (C=O) groups excluding carboxylic acids is 3. The molecule has 4 aliphatic carbocycles. The van der Waals surface area contributed by atoms with Crippen molar-refractivity contribution in [2.45, 2.75) is 27.2 Å². The molecule has 1 aromatic carbocycles. The first kappa shape index (κ1) is 16.7. The number of benzene rings is 1. The maximum atomic E-state index is 13.2. The molecule has 5 nitrogen and oxygen atoms in total. The molecule has 5 heteroatoms. The number of hydrogen-bond donors (Lipinski definition) is 0. The molecule has 3 fully saturated rings. The standard InChI is InChI=1S/C22H24N2O3/c1-11-4-7-18(12(2)8-11)23(13(3)25)10-24-21(26)19-14-5-6-15(17-9-16(14)17)20(19)22(24)27/h4-8,14-17,19-20H,9-10H2,1-3H3/t14-,15-,16-,17-,19-,20+/m0/s1. The van der Waals surface area contributed by atoms with Crippen molar-refractivity contribution in [2.75, 3.05) is 11.6 Å². The number of amides is 3. The topological polar surface area (TPSA) is 57.7 Å². The highest BCUT2D eigenvalue weighted by atomic mass is 16.2. The van der Waals surface area contributed by atoms with E-state index in [0.29, 0.717) is 11.8 Å². The molecule has 3 amide bonds. The molecular formula is C22H24N2O3. The van der Waals surface area contributed by atoms with Crippen molar-refractivity contribution in [2.24, 2.45) is 35.5 Å². The van der Waals surface area contributed by atoms with Crippen molar-refractivity contribution in [3.05, 3.63) is 41.5 Å². The largest absolute Gasteiger partial charge is 0.294 e. The molecule has 6 atom stereocenters. The summed E-state index contributed by atoms with van der Waals surface area (Å²) in [6.45, 7) is 5.45. The molecular weight excluding hydrogens is 340 g/mol. The maximum absolute atomic E-state index is 13.2. The third-order valence-electron chi connectivity index (χ3n) is 7.06. The van der Waals surface area contributed by atoms with Gasteiger partial charge in [-0.25, -0.2) is 0 Å². The van der Waals surface area contributed by atoms with E-state index in [1.807, 2.05) is 32.0 Å². The van der Waals surface area contributed by atoms with Gasteiger partial charge in [-0.05, 0) is 55.6 Å². The maximum Gasteiger partial charge on any atom is 0.235 e. The van der Waals surface area contributed by atoms with Crippen LogP contribution in [0.1, 0.15) is 24.5 Å². The number of carbonyl (C=O) groups is 3. The second kappa shape index (κ2) is 5.54. The monoisotopic (exact) mass is 364 g/mol. The van der Waals surface area contributed by atoms with Crippen LogP contribution in [0.25, 0.3) is 0 Å². The number of allylic oxidation sites excluding steroid dienone is 2. The molecule has 1 aliphatic heterocycles. The molecule has 1 heterocycles. The quantitative estimate of drug-likeness (QED) is 0.612. The van der Waals surface area contributed by atoms with Crippen LogP contribution in [0.2, 0.25) is 0 Å².